The van der Waals surface area contributed by atoms with Gasteiger partial charge in [0.2, 0.25) is 5.91 Å². The average Bonchev–Trinajstić information content (AvgIpc) is 2.03. The first-order chi connectivity index (χ1) is 6.18. The van der Waals surface area contributed by atoms with Crippen LogP contribution in [0.25, 0.3) is 0 Å². The fourth-order valence-corrected chi connectivity index (χ4v) is 1.60. The normalized spacial score (nSPS) is 23.3. The van der Waals surface area contributed by atoms with Crippen LogP contribution in [0.3, 0.4) is 0 Å². The van der Waals surface area contributed by atoms with Gasteiger partial charge in [0.15, 0.2) is 0 Å². The number of piperidine rings is 1. The molecule has 0 aliphatic carbocycles. The van der Waals surface area contributed by atoms with E-state index in [0.717, 1.165) is 26.1 Å². The Labute approximate surface area is 80.3 Å². The predicted octanol–water partition coefficient (Wildman–Crippen LogP) is 0.758. The minimum atomic E-state index is 0.211. The molecule has 1 unspecified atom stereocenters. The first-order valence-electron chi connectivity index (χ1n) is 5.16. The van der Waals surface area contributed by atoms with Gasteiger partial charge in [0.25, 0.3) is 0 Å². The van der Waals surface area contributed by atoms with E-state index in [2.05, 4.69) is 24.5 Å². The maximum atomic E-state index is 11.0. The number of hydrogen-bond acceptors (Lipinski definition) is 2. The van der Waals surface area contributed by atoms with Crippen molar-refractivity contribution < 1.29 is 4.79 Å². The van der Waals surface area contributed by atoms with Crippen molar-refractivity contribution in [1.82, 2.24) is 10.6 Å². The van der Waals surface area contributed by atoms with Gasteiger partial charge in [-0.15, -0.1) is 0 Å². The summed E-state index contributed by atoms with van der Waals surface area (Å²) in [5.74, 6) is 1.45. The number of carbonyl (C=O) groups is 1. The van der Waals surface area contributed by atoms with E-state index in [-0.39, 0.29) is 5.91 Å². The minimum Gasteiger partial charge on any atom is -0.356 e. The molecule has 0 aromatic heterocycles. The lowest BCUT2D eigenvalue weighted by atomic mass is 9.97. The first kappa shape index (κ1) is 10.5. The molecule has 0 aromatic carbocycles. The zero-order valence-electron chi connectivity index (χ0n) is 8.60. The molecule has 1 aliphatic heterocycles. The molecule has 1 saturated heterocycles. The second-order valence-electron chi connectivity index (χ2n) is 4.26. The van der Waals surface area contributed by atoms with Crippen molar-refractivity contribution in [3.05, 3.63) is 0 Å². The highest BCUT2D eigenvalue weighted by molar-refractivity contribution is 5.76. The monoisotopic (exact) mass is 184 g/mol. The van der Waals surface area contributed by atoms with Crippen LogP contribution in [0.1, 0.15) is 26.7 Å². The quantitative estimate of drug-likeness (QED) is 0.677. The molecule has 1 aliphatic rings. The van der Waals surface area contributed by atoms with Gasteiger partial charge in [-0.3, -0.25) is 4.79 Å². The van der Waals surface area contributed by atoms with Crippen LogP contribution in [-0.4, -0.2) is 25.5 Å². The second-order valence-corrected chi connectivity index (χ2v) is 4.26. The molecule has 0 saturated carbocycles. The molecule has 1 rings (SSSR count). The Bertz CT molecular complexity index is 168. The molecule has 1 atom stereocenters. The Kier molecular flexibility index (Phi) is 4.22. The largest absolute Gasteiger partial charge is 0.356 e. The Balaban J connectivity index is 2.10. The van der Waals surface area contributed by atoms with Crippen molar-refractivity contribution >= 4 is 5.91 Å². The fraction of sp³-hybridized carbons (Fsp3) is 0.900. The Hall–Kier alpha value is -0.570. The zero-order chi connectivity index (χ0) is 9.68. The SMILES string of the molecule is CC(C)CNCC1CCNC(=O)C1. The molecule has 0 bridgehead atoms. The second kappa shape index (κ2) is 5.22. The fourth-order valence-electron chi connectivity index (χ4n) is 1.60. The summed E-state index contributed by atoms with van der Waals surface area (Å²) in [4.78, 5) is 11.0. The van der Waals surface area contributed by atoms with Crippen molar-refractivity contribution in [2.24, 2.45) is 11.8 Å². The van der Waals surface area contributed by atoms with Crippen LogP contribution in [0, 0.1) is 11.8 Å². The predicted molar refractivity (Wildman–Crippen MR) is 53.4 cm³/mol. The van der Waals surface area contributed by atoms with E-state index < -0.39 is 0 Å². The lowest BCUT2D eigenvalue weighted by molar-refractivity contribution is -0.123. The third-order valence-electron chi connectivity index (χ3n) is 2.33. The summed E-state index contributed by atoms with van der Waals surface area (Å²) in [7, 11) is 0. The van der Waals surface area contributed by atoms with Gasteiger partial charge in [0.1, 0.15) is 0 Å². The van der Waals surface area contributed by atoms with E-state index in [4.69, 9.17) is 0 Å². The number of nitrogens with one attached hydrogen (secondary N) is 2. The van der Waals surface area contributed by atoms with Crippen molar-refractivity contribution in [3.63, 3.8) is 0 Å². The highest BCUT2D eigenvalue weighted by Gasteiger charge is 2.18. The molecule has 2 N–H and O–H groups in total. The average molecular weight is 184 g/mol. The topological polar surface area (TPSA) is 41.1 Å². The third kappa shape index (κ3) is 4.27. The van der Waals surface area contributed by atoms with Crippen LogP contribution in [-0.2, 0) is 4.79 Å². The highest BCUT2D eigenvalue weighted by atomic mass is 16.1. The van der Waals surface area contributed by atoms with Gasteiger partial charge in [0, 0.05) is 13.0 Å². The molecule has 13 heavy (non-hydrogen) atoms. The van der Waals surface area contributed by atoms with Gasteiger partial charge in [-0.05, 0) is 31.3 Å². The lowest BCUT2D eigenvalue weighted by Crippen LogP contribution is -2.38. The maximum Gasteiger partial charge on any atom is 0.220 e. The third-order valence-corrected chi connectivity index (χ3v) is 2.33. The summed E-state index contributed by atoms with van der Waals surface area (Å²) in [5, 5.41) is 6.24. The Morgan fingerprint density at radius 2 is 2.38 bits per heavy atom. The first-order valence-corrected chi connectivity index (χ1v) is 5.16. The van der Waals surface area contributed by atoms with E-state index in [1.807, 2.05) is 0 Å². The van der Waals surface area contributed by atoms with Crippen LogP contribution in [0.15, 0.2) is 0 Å². The van der Waals surface area contributed by atoms with Crippen LogP contribution in [0.2, 0.25) is 0 Å². The maximum absolute atomic E-state index is 11.0. The summed E-state index contributed by atoms with van der Waals surface area (Å²) < 4.78 is 0. The molecule has 76 valence electrons. The number of rotatable bonds is 4. The van der Waals surface area contributed by atoms with Crippen LogP contribution in [0.4, 0.5) is 0 Å². The van der Waals surface area contributed by atoms with Gasteiger partial charge in [0.05, 0.1) is 0 Å². The standard InChI is InChI=1S/C10H20N2O/c1-8(2)6-11-7-9-3-4-12-10(13)5-9/h8-9,11H,3-7H2,1-2H3,(H,12,13). The Morgan fingerprint density at radius 1 is 1.62 bits per heavy atom. The molecule has 0 radical (unpaired) electrons. The van der Waals surface area contributed by atoms with E-state index in [1.165, 1.54) is 0 Å². The zero-order valence-corrected chi connectivity index (χ0v) is 8.60. The van der Waals surface area contributed by atoms with Gasteiger partial charge in [-0.2, -0.15) is 0 Å². The molecule has 1 fully saturated rings. The molecule has 1 amide bonds. The number of amides is 1. The van der Waals surface area contributed by atoms with Crippen molar-refractivity contribution in [3.8, 4) is 0 Å². The molecular weight excluding hydrogens is 164 g/mol. The minimum absolute atomic E-state index is 0.211. The van der Waals surface area contributed by atoms with E-state index >= 15 is 0 Å². The lowest BCUT2D eigenvalue weighted by Gasteiger charge is -2.22. The van der Waals surface area contributed by atoms with Crippen molar-refractivity contribution in [2.75, 3.05) is 19.6 Å². The summed E-state index contributed by atoms with van der Waals surface area (Å²) in [5.41, 5.74) is 0. The van der Waals surface area contributed by atoms with E-state index in [1.54, 1.807) is 0 Å². The summed E-state index contributed by atoms with van der Waals surface area (Å²) >= 11 is 0. The van der Waals surface area contributed by atoms with E-state index in [0.29, 0.717) is 18.3 Å². The summed E-state index contributed by atoms with van der Waals surface area (Å²) in [6, 6.07) is 0. The molecule has 3 nitrogen and oxygen atoms in total. The molecule has 3 heteroatoms. The molecule has 1 heterocycles. The molecule has 0 aromatic rings. The van der Waals surface area contributed by atoms with E-state index in [9.17, 15) is 4.79 Å². The molecular formula is C10H20N2O. The van der Waals surface area contributed by atoms with Crippen molar-refractivity contribution in [1.29, 1.82) is 0 Å². The molecule has 0 spiro atoms. The summed E-state index contributed by atoms with van der Waals surface area (Å²) in [6.45, 7) is 7.29. The highest BCUT2D eigenvalue weighted by Crippen LogP contribution is 2.10. The van der Waals surface area contributed by atoms with Crippen LogP contribution in [0.5, 0.6) is 0 Å². The number of carbonyl (C=O) groups excluding carboxylic acids is 1. The van der Waals surface area contributed by atoms with Gasteiger partial charge in [-0.1, -0.05) is 13.8 Å². The van der Waals surface area contributed by atoms with Gasteiger partial charge < -0.3 is 10.6 Å². The van der Waals surface area contributed by atoms with Gasteiger partial charge >= 0.3 is 0 Å². The smallest absolute Gasteiger partial charge is 0.220 e. The number of hydrogen-bond donors (Lipinski definition) is 2. The summed E-state index contributed by atoms with van der Waals surface area (Å²) in [6.07, 6.45) is 1.82. The van der Waals surface area contributed by atoms with Crippen molar-refractivity contribution in [2.45, 2.75) is 26.7 Å². The van der Waals surface area contributed by atoms with Gasteiger partial charge in [-0.25, -0.2) is 0 Å². The van der Waals surface area contributed by atoms with Crippen LogP contribution < -0.4 is 10.6 Å². The Morgan fingerprint density at radius 3 is 3.00 bits per heavy atom. The van der Waals surface area contributed by atoms with Crippen LogP contribution >= 0.6 is 0 Å².